The topological polar surface area (TPSA) is 47.6 Å². The number of benzene rings is 2. The molecule has 0 saturated carbocycles. The molecule has 2 rings (SSSR count). The lowest BCUT2D eigenvalue weighted by Gasteiger charge is -2.24. The predicted octanol–water partition coefficient (Wildman–Crippen LogP) is 4.98. The summed E-state index contributed by atoms with van der Waals surface area (Å²) in [5.41, 5.74) is 3.28. The van der Waals surface area contributed by atoms with Gasteiger partial charge >= 0.3 is 0 Å². The SMILES string of the molecule is COc1ccc([C@H](CC(C)C)NC(=O)[C@H](C)Oc2cccc(C)c2C)cc1. The monoisotopic (exact) mass is 369 g/mol. The number of nitrogens with one attached hydrogen (secondary N) is 1. The second kappa shape index (κ2) is 9.45. The first-order chi connectivity index (χ1) is 12.8. The molecule has 4 nitrogen and oxygen atoms in total. The third kappa shape index (κ3) is 5.75. The van der Waals surface area contributed by atoms with Crippen LogP contribution in [0.5, 0.6) is 11.5 Å². The summed E-state index contributed by atoms with van der Waals surface area (Å²) in [6.45, 7) is 10.1. The number of ether oxygens (including phenoxy) is 2. The molecule has 1 amide bonds. The van der Waals surface area contributed by atoms with Crippen LogP contribution in [0.4, 0.5) is 0 Å². The summed E-state index contributed by atoms with van der Waals surface area (Å²) in [4.78, 5) is 12.8. The number of hydrogen-bond acceptors (Lipinski definition) is 3. The maximum atomic E-state index is 12.8. The highest BCUT2D eigenvalue weighted by Crippen LogP contribution is 2.25. The lowest BCUT2D eigenvalue weighted by Crippen LogP contribution is -2.39. The molecule has 2 aromatic rings. The van der Waals surface area contributed by atoms with E-state index in [1.165, 1.54) is 0 Å². The first kappa shape index (κ1) is 20.8. The predicted molar refractivity (Wildman–Crippen MR) is 109 cm³/mol. The first-order valence-electron chi connectivity index (χ1n) is 9.49. The van der Waals surface area contributed by atoms with Gasteiger partial charge in [0.1, 0.15) is 11.5 Å². The van der Waals surface area contributed by atoms with Crippen molar-refractivity contribution in [1.82, 2.24) is 5.32 Å². The standard InChI is InChI=1S/C23H31NO3/c1-15(2)14-21(19-10-12-20(26-6)13-11-19)24-23(25)18(5)27-22-9-7-8-16(3)17(22)4/h7-13,15,18,21H,14H2,1-6H3,(H,24,25)/t18-,21-/m0/s1. The van der Waals surface area contributed by atoms with E-state index in [-0.39, 0.29) is 11.9 Å². The van der Waals surface area contributed by atoms with Crippen molar-refractivity contribution in [2.24, 2.45) is 5.92 Å². The van der Waals surface area contributed by atoms with Crippen molar-refractivity contribution in [2.45, 2.75) is 53.2 Å². The number of hydrogen-bond donors (Lipinski definition) is 1. The minimum Gasteiger partial charge on any atom is -0.497 e. The van der Waals surface area contributed by atoms with Crippen molar-refractivity contribution in [2.75, 3.05) is 7.11 Å². The molecule has 146 valence electrons. The summed E-state index contributed by atoms with van der Waals surface area (Å²) in [6.07, 6.45) is 0.285. The molecule has 0 bridgehead atoms. The van der Waals surface area contributed by atoms with Gasteiger partial charge < -0.3 is 14.8 Å². The van der Waals surface area contributed by atoms with Crippen LogP contribution >= 0.6 is 0 Å². The summed E-state index contributed by atoms with van der Waals surface area (Å²) in [6, 6.07) is 13.7. The highest BCUT2D eigenvalue weighted by Gasteiger charge is 2.22. The van der Waals surface area contributed by atoms with Crippen LogP contribution in [-0.4, -0.2) is 19.1 Å². The number of aryl methyl sites for hydroxylation is 1. The molecule has 0 aliphatic carbocycles. The van der Waals surface area contributed by atoms with Crippen molar-refractivity contribution in [3.05, 3.63) is 59.2 Å². The second-order valence-corrected chi connectivity index (χ2v) is 7.42. The van der Waals surface area contributed by atoms with Gasteiger partial charge in [-0.3, -0.25) is 4.79 Å². The average molecular weight is 370 g/mol. The van der Waals surface area contributed by atoms with Gasteiger partial charge in [0.05, 0.1) is 13.2 Å². The quantitative estimate of drug-likeness (QED) is 0.714. The van der Waals surface area contributed by atoms with E-state index < -0.39 is 6.10 Å². The van der Waals surface area contributed by atoms with Gasteiger partial charge in [-0.15, -0.1) is 0 Å². The zero-order chi connectivity index (χ0) is 20.0. The molecule has 0 radical (unpaired) electrons. The van der Waals surface area contributed by atoms with E-state index in [4.69, 9.17) is 9.47 Å². The molecule has 0 heterocycles. The Kier molecular flexibility index (Phi) is 7.28. The molecule has 0 aliphatic rings. The van der Waals surface area contributed by atoms with Gasteiger partial charge in [-0.1, -0.05) is 38.1 Å². The molecule has 0 unspecified atom stereocenters. The van der Waals surface area contributed by atoms with Crippen molar-refractivity contribution >= 4 is 5.91 Å². The van der Waals surface area contributed by atoms with Crippen molar-refractivity contribution < 1.29 is 14.3 Å². The number of carbonyl (C=O) groups excluding carboxylic acids is 1. The minimum absolute atomic E-state index is 0.0620. The van der Waals surface area contributed by atoms with E-state index in [0.717, 1.165) is 34.6 Å². The van der Waals surface area contributed by atoms with Gasteiger partial charge in [0.25, 0.3) is 5.91 Å². The molecular weight excluding hydrogens is 338 g/mol. The number of amides is 1. The van der Waals surface area contributed by atoms with E-state index in [2.05, 4.69) is 19.2 Å². The fraction of sp³-hybridized carbons (Fsp3) is 0.435. The highest BCUT2D eigenvalue weighted by atomic mass is 16.5. The summed E-state index contributed by atoms with van der Waals surface area (Å²) < 4.78 is 11.2. The van der Waals surface area contributed by atoms with Gasteiger partial charge in [-0.2, -0.15) is 0 Å². The minimum atomic E-state index is -0.571. The Morgan fingerprint density at radius 2 is 1.70 bits per heavy atom. The lowest BCUT2D eigenvalue weighted by molar-refractivity contribution is -0.128. The Morgan fingerprint density at radius 1 is 1.04 bits per heavy atom. The first-order valence-corrected chi connectivity index (χ1v) is 9.49. The Labute approximate surface area is 162 Å². The molecule has 0 aromatic heterocycles. The van der Waals surface area contributed by atoms with Gasteiger partial charge in [-0.25, -0.2) is 0 Å². The third-order valence-electron chi connectivity index (χ3n) is 4.77. The molecular formula is C23H31NO3. The molecule has 1 N–H and O–H groups in total. The van der Waals surface area contributed by atoms with Crippen LogP contribution in [0, 0.1) is 19.8 Å². The highest BCUT2D eigenvalue weighted by molar-refractivity contribution is 5.81. The van der Waals surface area contributed by atoms with Crippen LogP contribution in [0.15, 0.2) is 42.5 Å². The Morgan fingerprint density at radius 3 is 2.30 bits per heavy atom. The van der Waals surface area contributed by atoms with Gasteiger partial charge in [0, 0.05) is 0 Å². The van der Waals surface area contributed by atoms with E-state index in [1.54, 1.807) is 14.0 Å². The summed E-state index contributed by atoms with van der Waals surface area (Å²) in [5.74, 6) is 1.90. The molecule has 0 spiro atoms. The van der Waals surface area contributed by atoms with E-state index >= 15 is 0 Å². The molecule has 4 heteroatoms. The molecule has 0 saturated heterocycles. The normalized spacial score (nSPS) is 13.1. The number of carbonyl (C=O) groups is 1. The van der Waals surface area contributed by atoms with Crippen molar-refractivity contribution in [3.8, 4) is 11.5 Å². The Hall–Kier alpha value is -2.49. The van der Waals surface area contributed by atoms with Gasteiger partial charge in [0.15, 0.2) is 6.10 Å². The van der Waals surface area contributed by atoms with E-state index in [0.29, 0.717) is 5.92 Å². The van der Waals surface area contributed by atoms with Gasteiger partial charge in [0.2, 0.25) is 0 Å². The maximum absolute atomic E-state index is 12.8. The Balaban J connectivity index is 2.10. The fourth-order valence-corrected chi connectivity index (χ4v) is 2.97. The summed E-state index contributed by atoms with van der Waals surface area (Å²) in [5, 5.41) is 3.15. The third-order valence-corrected chi connectivity index (χ3v) is 4.77. The van der Waals surface area contributed by atoms with Crippen molar-refractivity contribution in [3.63, 3.8) is 0 Å². The summed E-state index contributed by atoms with van der Waals surface area (Å²) >= 11 is 0. The zero-order valence-electron chi connectivity index (χ0n) is 17.2. The van der Waals surface area contributed by atoms with Crippen LogP contribution in [0.3, 0.4) is 0 Å². The number of methoxy groups -OCH3 is 1. The van der Waals surface area contributed by atoms with Crippen LogP contribution in [0.1, 0.15) is 49.9 Å². The van der Waals surface area contributed by atoms with E-state index in [9.17, 15) is 4.79 Å². The van der Waals surface area contributed by atoms with Crippen LogP contribution < -0.4 is 14.8 Å². The summed E-state index contributed by atoms with van der Waals surface area (Å²) in [7, 11) is 1.65. The fourth-order valence-electron chi connectivity index (χ4n) is 2.97. The second-order valence-electron chi connectivity index (χ2n) is 7.42. The molecule has 0 fully saturated rings. The molecule has 27 heavy (non-hydrogen) atoms. The van der Waals surface area contributed by atoms with Gasteiger partial charge in [-0.05, 0) is 68.0 Å². The molecule has 2 aromatic carbocycles. The smallest absolute Gasteiger partial charge is 0.261 e. The largest absolute Gasteiger partial charge is 0.497 e. The zero-order valence-corrected chi connectivity index (χ0v) is 17.2. The van der Waals surface area contributed by atoms with E-state index in [1.807, 2.05) is 56.3 Å². The van der Waals surface area contributed by atoms with Crippen LogP contribution in [0.2, 0.25) is 0 Å². The molecule has 2 atom stereocenters. The lowest BCUT2D eigenvalue weighted by atomic mass is 9.96. The van der Waals surface area contributed by atoms with Crippen LogP contribution in [0.25, 0.3) is 0 Å². The average Bonchev–Trinajstić information content (AvgIpc) is 2.64. The Bertz CT molecular complexity index is 753. The van der Waals surface area contributed by atoms with Crippen molar-refractivity contribution in [1.29, 1.82) is 0 Å². The van der Waals surface area contributed by atoms with Crippen LogP contribution in [-0.2, 0) is 4.79 Å². The molecule has 0 aliphatic heterocycles. The number of rotatable bonds is 8. The maximum Gasteiger partial charge on any atom is 0.261 e.